The van der Waals surface area contributed by atoms with E-state index in [1.807, 2.05) is 0 Å². The first kappa shape index (κ1) is 13.0. The van der Waals surface area contributed by atoms with E-state index in [0.29, 0.717) is 0 Å². The van der Waals surface area contributed by atoms with E-state index < -0.39 is 34.8 Å². The van der Waals surface area contributed by atoms with E-state index in [2.05, 4.69) is 4.74 Å². The van der Waals surface area contributed by atoms with Gasteiger partial charge >= 0.3 is 12.1 Å². The van der Waals surface area contributed by atoms with E-state index in [1.165, 1.54) is 16.7 Å². The van der Waals surface area contributed by atoms with E-state index in [9.17, 15) is 19.5 Å². The molecule has 0 saturated carbocycles. The zero-order chi connectivity index (χ0) is 13.7. The normalized spacial score (nSPS) is 38.0. The van der Waals surface area contributed by atoms with Crippen molar-refractivity contribution in [2.24, 2.45) is 11.5 Å². The van der Waals surface area contributed by atoms with Crippen LogP contribution in [-0.4, -0.2) is 56.8 Å². The molecule has 0 aromatic heterocycles. The maximum absolute atomic E-state index is 11.6. The Morgan fingerprint density at radius 1 is 1.61 bits per heavy atom. The molecule has 2 amide bonds. The lowest BCUT2D eigenvalue weighted by atomic mass is 9.95. The lowest BCUT2D eigenvalue weighted by molar-refractivity contribution is -0.159. The monoisotopic (exact) mass is 275 g/mol. The summed E-state index contributed by atoms with van der Waals surface area (Å²) < 4.78 is 3.73. The van der Waals surface area contributed by atoms with Gasteiger partial charge in [-0.25, -0.2) is 9.59 Å². The van der Waals surface area contributed by atoms with Crippen molar-refractivity contribution in [3.8, 4) is 0 Å². The van der Waals surface area contributed by atoms with E-state index >= 15 is 0 Å². The first-order valence-electron chi connectivity index (χ1n) is 5.18. The van der Waals surface area contributed by atoms with Gasteiger partial charge in [0, 0.05) is 0 Å². The number of amides is 2. The molecule has 100 valence electrons. The standard InChI is InChI=1S/C9H13N3O5S/c1-9(2-17-8(11)16)4(7(14)15)12-5(13)3(10)6(12)18-9/h3-4,6H,2,10H2,1H3,(H2,11,16)(H,14,15)/t3-,4+,6?,9+/m1/s1. The molecule has 2 saturated heterocycles. The van der Waals surface area contributed by atoms with Crippen molar-refractivity contribution in [2.45, 2.75) is 29.1 Å². The third-order valence-corrected chi connectivity index (χ3v) is 4.74. The summed E-state index contributed by atoms with van der Waals surface area (Å²) >= 11 is 1.22. The van der Waals surface area contributed by atoms with Crippen LogP contribution in [0.2, 0.25) is 0 Å². The molecule has 0 aromatic carbocycles. The number of carbonyl (C=O) groups is 3. The molecule has 0 bridgehead atoms. The number of primary amides is 1. The molecule has 2 rings (SSSR count). The predicted molar refractivity (Wildman–Crippen MR) is 61.6 cm³/mol. The summed E-state index contributed by atoms with van der Waals surface area (Å²) in [6.45, 7) is 1.43. The third-order valence-electron chi connectivity index (χ3n) is 3.10. The maximum atomic E-state index is 11.6. The van der Waals surface area contributed by atoms with Crippen LogP contribution in [0.3, 0.4) is 0 Å². The second kappa shape index (κ2) is 4.02. The fourth-order valence-electron chi connectivity index (χ4n) is 2.26. The number of thioether (sulfide) groups is 1. The highest BCUT2D eigenvalue weighted by Crippen LogP contribution is 2.50. The molecule has 1 unspecified atom stereocenters. The molecule has 2 heterocycles. The highest BCUT2D eigenvalue weighted by molar-refractivity contribution is 8.01. The molecule has 2 aliphatic rings. The van der Waals surface area contributed by atoms with Crippen molar-refractivity contribution in [1.29, 1.82) is 0 Å². The molecule has 4 atom stereocenters. The number of nitrogens with zero attached hydrogens (tertiary/aromatic N) is 1. The zero-order valence-corrected chi connectivity index (χ0v) is 10.3. The summed E-state index contributed by atoms with van der Waals surface area (Å²) in [5.41, 5.74) is 10.5. The van der Waals surface area contributed by atoms with Crippen LogP contribution in [0.4, 0.5) is 4.79 Å². The Hall–Kier alpha value is -1.48. The lowest BCUT2D eigenvalue weighted by Crippen LogP contribution is -2.69. The smallest absolute Gasteiger partial charge is 0.404 e. The molecule has 5 N–H and O–H groups in total. The topological polar surface area (TPSA) is 136 Å². The summed E-state index contributed by atoms with van der Waals surface area (Å²) in [4.78, 5) is 34.7. The molecule has 0 spiro atoms. The van der Waals surface area contributed by atoms with Gasteiger partial charge in [0.05, 0.1) is 4.75 Å². The van der Waals surface area contributed by atoms with Crippen molar-refractivity contribution < 1.29 is 24.2 Å². The van der Waals surface area contributed by atoms with Gasteiger partial charge in [-0.3, -0.25) is 4.79 Å². The number of hydrogen-bond acceptors (Lipinski definition) is 6. The van der Waals surface area contributed by atoms with E-state index in [0.717, 1.165) is 0 Å². The van der Waals surface area contributed by atoms with Gasteiger partial charge in [-0.2, -0.15) is 0 Å². The molecule has 2 fully saturated rings. The number of rotatable bonds is 3. The molecule has 2 aliphatic heterocycles. The third kappa shape index (κ3) is 1.70. The minimum atomic E-state index is -1.15. The van der Waals surface area contributed by atoms with Gasteiger partial charge in [0.15, 0.2) is 0 Å². The number of carbonyl (C=O) groups excluding carboxylic acids is 2. The van der Waals surface area contributed by atoms with Gasteiger partial charge in [-0.1, -0.05) is 0 Å². The quantitative estimate of drug-likeness (QED) is 0.535. The Bertz CT molecular complexity index is 430. The van der Waals surface area contributed by atoms with Gasteiger partial charge in [0.25, 0.3) is 0 Å². The maximum Gasteiger partial charge on any atom is 0.404 e. The molecule has 0 radical (unpaired) electrons. The van der Waals surface area contributed by atoms with Crippen molar-refractivity contribution in [3.63, 3.8) is 0 Å². The van der Waals surface area contributed by atoms with Crippen molar-refractivity contribution in [3.05, 3.63) is 0 Å². The fourth-order valence-corrected chi connectivity index (χ4v) is 3.88. The number of fused-ring (bicyclic) bond motifs is 1. The second-order valence-electron chi connectivity index (χ2n) is 4.44. The van der Waals surface area contributed by atoms with Crippen LogP contribution in [0, 0.1) is 0 Å². The number of carboxylic acids is 1. The highest BCUT2D eigenvalue weighted by Gasteiger charge is 2.64. The van der Waals surface area contributed by atoms with Gasteiger partial charge in [0.2, 0.25) is 5.91 Å². The summed E-state index contributed by atoms with van der Waals surface area (Å²) in [6.07, 6.45) is -0.981. The summed E-state index contributed by atoms with van der Waals surface area (Å²) in [6, 6.07) is -1.77. The van der Waals surface area contributed by atoms with Crippen LogP contribution in [0.1, 0.15) is 6.92 Å². The molecule has 18 heavy (non-hydrogen) atoms. The molecule has 0 aliphatic carbocycles. The van der Waals surface area contributed by atoms with Gasteiger partial charge < -0.3 is 26.2 Å². The number of hydrogen-bond donors (Lipinski definition) is 3. The molecular formula is C9H13N3O5S. The number of nitrogens with two attached hydrogens (primary N) is 2. The van der Waals surface area contributed by atoms with E-state index in [4.69, 9.17) is 11.5 Å². The largest absolute Gasteiger partial charge is 0.480 e. The molecular weight excluding hydrogens is 262 g/mol. The summed E-state index contributed by atoms with van der Waals surface area (Å²) in [7, 11) is 0. The Kier molecular flexibility index (Phi) is 2.90. The first-order valence-corrected chi connectivity index (χ1v) is 6.06. The Morgan fingerprint density at radius 3 is 2.72 bits per heavy atom. The minimum absolute atomic E-state index is 0.184. The number of carboxylic acid groups (broad SMARTS) is 1. The Labute approximate surface area is 107 Å². The Morgan fingerprint density at radius 2 is 2.22 bits per heavy atom. The van der Waals surface area contributed by atoms with Crippen LogP contribution in [0.5, 0.6) is 0 Å². The average Bonchev–Trinajstić information content (AvgIpc) is 2.57. The number of ether oxygens (including phenoxy) is 1. The van der Waals surface area contributed by atoms with Crippen molar-refractivity contribution in [2.75, 3.05) is 6.61 Å². The fraction of sp³-hybridized carbons (Fsp3) is 0.667. The Balaban J connectivity index is 2.22. The van der Waals surface area contributed by atoms with Crippen LogP contribution in [0.25, 0.3) is 0 Å². The van der Waals surface area contributed by atoms with Crippen LogP contribution in [-0.2, 0) is 14.3 Å². The van der Waals surface area contributed by atoms with Crippen LogP contribution in [0.15, 0.2) is 0 Å². The number of aliphatic carboxylic acids is 1. The van der Waals surface area contributed by atoms with Gasteiger partial charge in [-0.05, 0) is 6.92 Å². The molecule has 9 heteroatoms. The second-order valence-corrected chi connectivity index (χ2v) is 6.09. The van der Waals surface area contributed by atoms with E-state index in [1.54, 1.807) is 6.92 Å². The van der Waals surface area contributed by atoms with Crippen LogP contribution < -0.4 is 11.5 Å². The minimum Gasteiger partial charge on any atom is -0.480 e. The highest BCUT2D eigenvalue weighted by atomic mass is 32.2. The number of β-lactam (4-membered cyclic amide) rings is 1. The van der Waals surface area contributed by atoms with Gasteiger partial charge in [-0.15, -0.1) is 11.8 Å². The van der Waals surface area contributed by atoms with Crippen molar-refractivity contribution >= 4 is 29.7 Å². The molecule has 8 nitrogen and oxygen atoms in total. The average molecular weight is 275 g/mol. The predicted octanol–water partition coefficient (Wildman–Crippen LogP) is -1.46. The SMILES string of the molecule is C[C@@]1(COC(N)=O)SC2[C@H](N)C(=O)N2[C@H]1C(=O)O. The zero-order valence-electron chi connectivity index (χ0n) is 9.53. The lowest BCUT2D eigenvalue weighted by Gasteiger charge is -2.41. The summed E-state index contributed by atoms with van der Waals surface area (Å²) in [5, 5.41) is 8.83. The van der Waals surface area contributed by atoms with Crippen molar-refractivity contribution in [1.82, 2.24) is 4.90 Å². The first-order chi connectivity index (χ1) is 8.28. The van der Waals surface area contributed by atoms with E-state index in [-0.39, 0.29) is 12.0 Å². The molecule has 0 aromatic rings. The summed E-state index contributed by atoms with van der Waals surface area (Å²) in [5.74, 6) is -1.55. The van der Waals surface area contributed by atoms with Gasteiger partial charge in [0.1, 0.15) is 24.1 Å². The van der Waals surface area contributed by atoms with Crippen LogP contribution >= 0.6 is 11.8 Å².